The fourth-order valence-electron chi connectivity index (χ4n) is 4.82. The van der Waals surface area contributed by atoms with Crippen LogP contribution >= 0.6 is 0 Å². The van der Waals surface area contributed by atoms with Gasteiger partial charge in [-0.25, -0.2) is 4.79 Å². The second-order valence-corrected chi connectivity index (χ2v) is 10.4. The SMILES string of the molecule is CCCCOC.CNC(=O)OCC1c2cc(C(=O)CCCOC)ccc2-c2ccc(C(=O)CCCOCCCCO)cc21. The van der Waals surface area contributed by atoms with Gasteiger partial charge in [-0.15, -0.1) is 0 Å². The summed E-state index contributed by atoms with van der Waals surface area (Å²) in [5.74, 6) is -0.217. The molecule has 1 aliphatic carbocycles. The number of ketones is 2. The molecule has 0 heterocycles. The molecule has 43 heavy (non-hydrogen) atoms. The van der Waals surface area contributed by atoms with Gasteiger partial charge in [-0.2, -0.15) is 0 Å². The van der Waals surface area contributed by atoms with E-state index in [2.05, 4.69) is 12.2 Å². The van der Waals surface area contributed by atoms with Crippen molar-refractivity contribution in [1.82, 2.24) is 5.32 Å². The van der Waals surface area contributed by atoms with E-state index in [9.17, 15) is 14.4 Å². The van der Waals surface area contributed by atoms with Crippen molar-refractivity contribution in [2.75, 3.05) is 60.9 Å². The first-order valence-electron chi connectivity index (χ1n) is 15.3. The minimum Gasteiger partial charge on any atom is -0.449 e. The number of Topliss-reactive ketones (excluding diaryl/α,β-unsaturated/α-hetero) is 2. The Hall–Kier alpha value is -3.11. The highest BCUT2D eigenvalue weighted by atomic mass is 16.5. The van der Waals surface area contributed by atoms with E-state index in [1.165, 1.54) is 19.9 Å². The molecular weight excluding hydrogens is 550 g/mol. The number of nitrogens with one attached hydrogen (secondary N) is 1. The van der Waals surface area contributed by atoms with Crippen molar-refractivity contribution in [2.45, 2.75) is 64.2 Å². The maximum atomic E-state index is 12.9. The number of hydrogen-bond donors (Lipinski definition) is 2. The lowest BCUT2D eigenvalue weighted by molar-refractivity contribution is 0.0928. The summed E-state index contributed by atoms with van der Waals surface area (Å²) in [6.45, 7) is 4.92. The summed E-state index contributed by atoms with van der Waals surface area (Å²) in [7, 11) is 4.85. The highest BCUT2D eigenvalue weighted by Gasteiger charge is 2.31. The Morgan fingerprint density at radius 1 is 0.767 bits per heavy atom. The number of ether oxygens (including phenoxy) is 4. The van der Waals surface area contributed by atoms with Crippen LogP contribution in [0.1, 0.15) is 96.1 Å². The Labute approximate surface area is 256 Å². The van der Waals surface area contributed by atoms with Crippen LogP contribution in [0.25, 0.3) is 11.1 Å². The molecule has 0 saturated carbocycles. The van der Waals surface area contributed by atoms with Crippen LogP contribution in [0.2, 0.25) is 0 Å². The normalized spacial score (nSPS) is 13.0. The van der Waals surface area contributed by atoms with Crippen LogP contribution in [0.5, 0.6) is 0 Å². The van der Waals surface area contributed by atoms with Crippen LogP contribution in [0.15, 0.2) is 36.4 Å². The van der Waals surface area contributed by atoms with Crippen molar-refractivity contribution < 1.29 is 38.4 Å². The zero-order valence-corrected chi connectivity index (χ0v) is 26.2. The fraction of sp³-hybridized carbons (Fsp3) is 0.559. The predicted molar refractivity (Wildman–Crippen MR) is 167 cm³/mol. The van der Waals surface area contributed by atoms with Gasteiger partial charge >= 0.3 is 6.09 Å². The molecule has 1 unspecified atom stereocenters. The molecule has 0 spiro atoms. The summed E-state index contributed by atoms with van der Waals surface area (Å²) >= 11 is 0. The molecule has 0 aromatic heterocycles. The highest BCUT2D eigenvalue weighted by molar-refractivity contribution is 5.99. The monoisotopic (exact) mass is 599 g/mol. The van der Waals surface area contributed by atoms with Gasteiger partial charge in [-0.05, 0) is 66.5 Å². The van der Waals surface area contributed by atoms with E-state index in [0.29, 0.717) is 63.1 Å². The van der Waals surface area contributed by atoms with Gasteiger partial charge in [0, 0.05) is 84.2 Å². The second kappa shape index (κ2) is 20.7. The number of alkyl carbamates (subject to hydrolysis) is 1. The lowest BCUT2D eigenvalue weighted by Crippen LogP contribution is -2.22. The number of methoxy groups -OCH3 is 2. The number of carbonyl (C=O) groups excluding carboxylic acids is 3. The molecule has 238 valence electrons. The van der Waals surface area contributed by atoms with Gasteiger partial charge in [0.15, 0.2) is 11.6 Å². The first-order chi connectivity index (χ1) is 20.9. The Balaban J connectivity index is 0.000000973. The van der Waals surface area contributed by atoms with E-state index in [1.807, 2.05) is 36.4 Å². The molecule has 1 aliphatic rings. The third-order valence-corrected chi connectivity index (χ3v) is 7.22. The van der Waals surface area contributed by atoms with Gasteiger partial charge in [-0.1, -0.05) is 37.6 Å². The Bertz CT molecular complexity index is 1150. The highest BCUT2D eigenvalue weighted by Crippen LogP contribution is 2.46. The third-order valence-electron chi connectivity index (χ3n) is 7.22. The van der Waals surface area contributed by atoms with Crippen molar-refractivity contribution in [1.29, 1.82) is 0 Å². The maximum Gasteiger partial charge on any atom is 0.406 e. The number of fused-ring (bicyclic) bond motifs is 3. The molecule has 0 fully saturated rings. The van der Waals surface area contributed by atoms with Gasteiger partial charge < -0.3 is 29.4 Å². The quantitative estimate of drug-likeness (QED) is 0.150. The zero-order chi connectivity index (χ0) is 31.5. The molecule has 2 aromatic rings. The number of aliphatic hydroxyl groups excluding tert-OH is 1. The summed E-state index contributed by atoms with van der Waals surface area (Å²) < 4.78 is 20.8. The Kier molecular flexibility index (Phi) is 17.4. The van der Waals surface area contributed by atoms with E-state index in [1.54, 1.807) is 14.2 Å². The van der Waals surface area contributed by atoms with E-state index >= 15 is 0 Å². The van der Waals surface area contributed by atoms with Crippen molar-refractivity contribution in [3.63, 3.8) is 0 Å². The minimum absolute atomic E-state index is 0.0256. The molecule has 9 nitrogen and oxygen atoms in total. The standard InChI is InChI=1S/C29H37NO7.C5H12O/c1-30-29(34)37-19-26-24-17-20(27(32)7-5-14-35-2)9-11-22(24)23-12-10-21(18-25(23)26)28(33)8-6-16-36-15-4-3-13-31;1-3-4-5-6-2/h9-12,17-18,26,31H,3-8,13-16,19H2,1-2H3,(H,30,34);3-5H2,1-2H3. The van der Waals surface area contributed by atoms with Crippen LogP contribution in [0.3, 0.4) is 0 Å². The molecule has 9 heteroatoms. The van der Waals surface area contributed by atoms with Crippen molar-refractivity contribution >= 4 is 17.7 Å². The fourth-order valence-corrected chi connectivity index (χ4v) is 4.82. The average molecular weight is 600 g/mol. The molecule has 0 saturated heterocycles. The van der Waals surface area contributed by atoms with Crippen LogP contribution in [0, 0.1) is 0 Å². The summed E-state index contributed by atoms with van der Waals surface area (Å²) in [4.78, 5) is 37.5. The van der Waals surface area contributed by atoms with Gasteiger partial charge in [-0.3, -0.25) is 9.59 Å². The Morgan fingerprint density at radius 3 is 1.79 bits per heavy atom. The number of carbonyl (C=O) groups is 3. The molecule has 2 aromatic carbocycles. The van der Waals surface area contributed by atoms with E-state index in [0.717, 1.165) is 35.3 Å². The lowest BCUT2D eigenvalue weighted by Gasteiger charge is -2.15. The Morgan fingerprint density at radius 2 is 1.30 bits per heavy atom. The van der Waals surface area contributed by atoms with Crippen LogP contribution < -0.4 is 5.32 Å². The molecule has 0 aliphatic heterocycles. The van der Waals surface area contributed by atoms with Gasteiger partial charge in [0.2, 0.25) is 0 Å². The number of rotatable bonds is 19. The topological polar surface area (TPSA) is 120 Å². The molecule has 2 N–H and O–H groups in total. The molecular formula is C34H49NO8. The van der Waals surface area contributed by atoms with Crippen molar-refractivity contribution in [3.05, 3.63) is 58.7 Å². The van der Waals surface area contributed by atoms with Crippen LogP contribution in [-0.4, -0.2) is 83.7 Å². The number of hydrogen-bond acceptors (Lipinski definition) is 8. The summed E-state index contributed by atoms with van der Waals surface area (Å²) in [6.07, 6.45) is 5.43. The van der Waals surface area contributed by atoms with Crippen LogP contribution in [0.4, 0.5) is 4.79 Å². The molecule has 0 bridgehead atoms. The van der Waals surface area contributed by atoms with E-state index in [4.69, 9.17) is 24.1 Å². The minimum atomic E-state index is -0.534. The van der Waals surface area contributed by atoms with Gasteiger partial charge in [0.05, 0.1) is 0 Å². The number of amides is 1. The van der Waals surface area contributed by atoms with Gasteiger partial charge in [0.1, 0.15) is 6.61 Å². The first kappa shape index (κ1) is 36.1. The maximum absolute atomic E-state index is 12.9. The summed E-state index contributed by atoms with van der Waals surface area (Å²) in [6, 6.07) is 11.3. The predicted octanol–water partition coefficient (Wildman–Crippen LogP) is 5.95. The number of unbranched alkanes of at least 4 members (excludes halogenated alkanes) is 2. The third kappa shape index (κ3) is 11.8. The largest absolute Gasteiger partial charge is 0.449 e. The average Bonchev–Trinajstić information content (AvgIpc) is 3.34. The van der Waals surface area contributed by atoms with Crippen LogP contribution in [-0.2, 0) is 18.9 Å². The van der Waals surface area contributed by atoms with Crippen molar-refractivity contribution in [2.24, 2.45) is 0 Å². The summed E-state index contributed by atoms with van der Waals surface area (Å²) in [5, 5.41) is 11.3. The summed E-state index contributed by atoms with van der Waals surface area (Å²) in [5.41, 5.74) is 4.99. The smallest absolute Gasteiger partial charge is 0.406 e. The van der Waals surface area contributed by atoms with E-state index < -0.39 is 6.09 Å². The zero-order valence-electron chi connectivity index (χ0n) is 26.2. The molecule has 0 radical (unpaired) electrons. The number of benzene rings is 2. The molecule has 1 amide bonds. The second-order valence-electron chi connectivity index (χ2n) is 10.4. The van der Waals surface area contributed by atoms with Crippen molar-refractivity contribution in [3.8, 4) is 11.1 Å². The lowest BCUT2D eigenvalue weighted by atomic mass is 9.93. The van der Waals surface area contributed by atoms with E-state index in [-0.39, 0.29) is 30.7 Å². The molecule has 3 rings (SSSR count). The van der Waals surface area contributed by atoms with Gasteiger partial charge in [0.25, 0.3) is 0 Å². The molecule has 1 atom stereocenters. The number of aliphatic hydroxyl groups is 1. The first-order valence-corrected chi connectivity index (χ1v) is 15.3.